The van der Waals surface area contributed by atoms with E-state index in [0.717, 1.165) is 33.1 Å². The molecule has 0 radical (unpaired) electrons. The van der Waals surface area contributed by atoms with Crippen LogP contribution < -0.4 is 5.73 Å². The third kappa shape index (κ3) is 2.36. The largest absolute Gasteiger partial charge is 0.455 e. The molecule has 2 nitrogen and oxygen atoms in total. The van der Waals surface area contributed by atoms with Crippen molar-refractivity contribution in [2.75, 3.05) is 0 Å². The van der Waals surface area contributed by atoms with Crippen LogP contribution in [0.5, 0.6) is 0 Å². The Balaban J connectivity index is 2.25. The highest BCUT2D eigenvalue weighted by Gasteiger charge is 2.11. The number of allylic oxidation sites excluding steroid dienone is 4. The zero-order valence-electron chi connectivity index (χ0n) is 12.0. The van der Waals surface area contributed by atoms with Gasteiger partial charge in [-0.25, -0.2) is 0 Å². The van der Waals surface area contributed by atoms with Gasteiger partial charge in [0.2, 0.25) is 0 Å². The molecule has 0 aliphatic heterocycles. The molecule has 1 heterocycles. The first-order valence-corrected chi connectivity index (χ1v) is 6.90. The molecule has 1 aromatic heterocycles. The van der Waals surface area contributed by atoms with Crippen LogP contribution in [0.2, 0.25) is 0 Å². The van der Waals surface area contributed by atoms with Crippen molar-refractivity contribution < 1.29 is 4.42 Å². The Morgan fingerprint density at radius 3 is 2.57 bits per heavy atom. The summed E-state index contributed by atoms with van der Waals surface area (Å²) in [5.41, 5.74) is 10.1. The number of para-hydroxylation sites is 2. The number of fused-ring (bicyclic) bond motifs is 3. The van der Waals surface area contributed by atoms with Gasteiger partial charge in [-0.2, -0.15) is 0 Å². The van der Waals surface area contributed by atoms with E-state index < -0.39 is 0 Å². The second-order valence-corrected chi connectivity index (χ2v) is 4.93. The number of furan rings is 1. The fraction of sp³-hybridized carbons (Fsp3) is 0.0526. The average Bonchev–Trinajstić information content (AvgIpc) is 2.87. The maximum atomic E-state index is 6.04. The lowest BCUT2D eigenvalue weighted by Crippen LogP contribution is -1.89. The summed E-state index contributed by atoms with van der Waals surface area (Å²) >= 11 is 0. The highest BCUT2D eigenvalue weighted by molar-refractivity contribution is 6.08. The molecule has 0 aliphatic rings. The molecular weight excluding hydrogens is 258 g/mol. The van der Waals surface area contributed by atoms with Crippen LogP contribution >= 0.6 is 0 Å². The Bertz CT molecular complexity index is 881. The van der Waals surface area contributed by atoms with Crippen molar-refractivity contribution >= 4 is 27.5 Å². The highest BCUT2D eigenvalue weighted by Crippen LogP contribution is 2.33. The Kier molecular flexibility index (Phi) is 3.36. The molecule has 0 fully saturated rings. The lowest BCUT2D eigenvalue weighted by molar-refractivity contribution is 0.668. The zero-order chi connectivity index (χ0) is 14.8. The van der Waals surface area contributed by atoms with Crippen molar-refractivity contribution in [2.24, 2.45) is 5.73 Å². The van der Waals surface area contributed by atoms with Crippen LogP contribution in [-0.2, 0) is 0 Å². The molecule has 2 heteroatoms. The zero-order valence-corrected chi connectivity index (χ0v) is 12.0. The summed E-state index contributed by atoms with van der Waals surface area (Å²) in [5, 5.41) is 2.26. The first kappa shape index (κ1) is 13.3. The molecule has 0 aliphatic carbocycles. The summed E-state index contributed by atoms with van der Waals surface area (Å²) in [5.74, 6) is 0. The van der Waals surface area contributed by atoms with Gasteiger partial charge >= 0.3 is 0 Å². The van der Waals surface area contributed by atoms with E-state index in [1.165, 1.54) is 0 Å². The van der Waals surface area contributed by atoms with E-state index in [1.54, 1.807) is 6.08 Å². The summed E-state index contributed by atoms with van der Waals surface area (Å²) in [4.78, 5) is 0. The van der Waals surface area contributed by atoms with Gasteiger partial charge in [-0.3, -0.25) is 0 Å². The predicted molar refractivity (Wildman–Crippen MR) is 89.8 cm³/mol. The van der Waals surface area contributed by atoms with Crippen molar-refractivity contribution in [3.63, 3.8) is 0 Å². The molecule has 3 rings (SSSR count). The minimum Gasteiger partial charge on any atom is -0.455 e. The van der Waals surface area contributed by atoms with Gasteiger partial charge in [-0.1, -0.05) is 55.1 Å². The van der Waals surface area contributed by atoms with Gasteiger partial charge in [0, 0.05) is 22.0 Å². The van der Waals surface area contributed by atoms with Gasteiger partial charge < -0.3 is 10.2 Å². The summed E-state index contributed by atoms with van der Waals surface area (Å²) < 4.78 is 6.04. The van der Waals surface area contributed by atoms with Crippen LogP contribution in [0.25, 0.3) is 27.5 Å². The standard InChI is InChI=1S/C19H17NO/c1-3-14(12-11-13(2)20)15-8-6-9-17-16-7-4-5-10-18(16)21-19(15)17/h3-12H,2,20H2,1H3/b12-11-,14-3+. The summed E-state index contributed by atoms with van der Waals surface area (Å²) in [7, 11) is 0. The number of hydrogen-bond donors (Lipinski definition) is 1. The van der Waals surface area contributed by atoms with Crippen molar-refractivity contribution in [2.45, 2.75) is 6.92 Å². The normalized spacial score (nSPS) is 12.5. The van der Waals surface area contributed by atoms with Crippen LogP contribution in [-0.4, -0.2) is 0 Å². The van der Waals surface area contributed by atoms with E-state index in [2.05, 4.69) is 24.8 Å². The number of rotatable bonds is 3. The SMILES string of the molecule is C=C(N)/C=C\C(=C/C)c1cccc2c1oc1ccccc12. The lowest BCUT2D eigenvalue weighted by atomic mass is 10.0. The Morgan fingerprint density at radius 1 is 1.05 bits per heavy atom. The third-order valence-electron chi connectivity index (χ3n) is 3.50. The predicted octanol–water partition coefficient (Wildman–Crippen LogP) is 5.02. The van der Waals surface area contributed by atoms with Crippen molar-refractivity contribution in [3.8, 4) is 0 Å². The van der Waals surface area contributed by atoms with Crippen molar-refractivity contribution in [1.29, 1.82) is 0 Å². The molecule has 0 saturated carbocycles. The average molecular weight is 275 g/mol. The molecular formula is C19H17NO. The number of benzene rings is 2. The number of hydrogen-bond acceptors (Lipinski definition) is 2. The quantitative estimate of drug-likeness (QED) is 0.682. The van der Waals surface area contributed by atoms with Gasteiger partial charge in [0.15, 0.2) is 0 Å². The molecule has 2 aromatic carbocycles. The second-order valence-electron chi connectivity index (χ2n) is 4.93. The van der Waals surface area contributed by atoms with E-state index in [4.69, 9.17) is 10.2 Å². The molecule has 0 bridgehead atoms. The van der Waals surface area contributed by atoms with Crippen LogP contribution in [0.3, 0.4) is 0 Å². The van der Waals surface area contributed by atoms with E-state index in [0.29, 0.717) is 5.70 Å². The topological polar surface area (TPSA) is 39.2 Å². The van der Waals surface area contributed by atoms with E-state index >= 15 is 0 Å². The monoisotopic (exact) mass is 275 g/mol. The van der Waals surface area contributed by atoms with Gasteiger partial charge in [-0.05, 0) is 24.6 Å². The van der Waals surface area contributed by atoms with Crippen LogP contribution in [0.4, 0.5) is 0 Å². The fourth-order valence-electron chi connectivity index (χ4n) is 2.51. The smallest absolute Gasteiger partial charge is 0.143 e. The maximum absolute atomic E-state index is 6.04. The molecule has 0 saturated heterocycles. The van der Waals surface area contributed by atoms with Gasteiger partial charge in [0.25, 0.3) is 0 Å². The Labute approximate surface area is 123 Å². The lowest BCUT2D eigenvalue weighted by Gasteiger charge is -2.03. The molecule has 0 atom stereocenters. The van der Waals surface area contributed by atoms with Crippen molar-refractivity contribution in [3.05, 3.63) is 78.5 Å². The molecule has 0 spiro atoms. The van der Waals surface area contributed by atoms with E-state index in [1.807, 2.05) is 43.3 Å². The fourth-order valence-corrected chi connectivity index (χ4v) is 2.51. The minimum atomic E-state index is 0.533. The van der Waals surface area contributed by atoms with Crippen molar-refractivity contribution in [1.82, 2.24) is 0 Å². The maximum Gasteiger partial charge on any atom is 0.143 e. The Morgan fingerprint density at radius 2 is 1.81 bits per heavy atom. The summed E-state index contributed by atoms with van der Waals surface area (Å²) in [6, 6.07) is 14.3. The molecule has 0 unspecified atom stereocenters. The summed E-state index contributed by atoms with van der Waals surface area (Å²) in [6.07, 6.45) is 5.81. The van der Waals surface area contributed by atoms with Crippen LogP contribution in [0, 0.1) is 0 Å². The molecule has 2 N–H and O–H groups in total. The summed E-state index contributed by atoms with van der Waals surface area (Å²) in [6.45, 7) is 5.69. The van der Waals surface area contributed by atoms with Crippen LogP contribution in [0.15, 0.2) is 77.4 Å². The van der Waals surface area contributed by atoms with Gasteiger partial charge in [-0.15, -0.1) is 0 Å². The molecule has 21 heavy (non-hydrogen) atoms. The third-order valence-corrected chi connectivity index (χ3v) is 3.50. The van der Waals surface area contributed by atoms with E-state index in [9.17, 15) is 0 Å². The van der Waals surface area contributed by atoms with Crippen LogP contribution in [0.1, 0.15) is 12.5 Å². The molecule has 104 valence electrons. The highest BCUT2D eigenvalue weighted by atomic mass is 16.3. The molecule has 0 amide bonds. The minimum absolute atomic E-state index is 0.533. The second kappa shape index (κ2) is 5.33. The Hall–Kier alpha value is -2.74. The molecule has 3 aromatic rings. The first-order chi connectivity index (χ1) is 10.2. The van der Waals surface area contributed by atoms with E-state index in [-0.39, 0.29) is 0 Å². The number of nitrogens with two attached hydrogens (primary N) is 1. The van der Waals surface area contributed by atoms with Gasteiger partial charge in [0.1, 0.15) is 11.2 Å². The first-order valence-electron chi connectivity index (χ1n) is 6.90. The van der Waals surface area contributed by atoms with Gasteiger partial charge in [0.05, 0.1) is 0 Å².